The van der Waals surface area contributed by atoms with Crippen LogP contribution in [0.2, 0.25) is 0 Å². The molecule has 0 heterocycles. The van der Waals surface area contributed by atoms with Crippen molar-refractivity contribution in [2.45, 2.75) is 26.8 Å². The van der Waals surface area contributed by atoms with Crippen LogP contribution in [-0.2, 0) is 0 Å². The van der Waals surface area contributed by atoms with Gasteiger partial charge < -0.3 is 10.2 Å². The van der Waals surface area contributed by atoms with Crippen molar-refractivity contribution in [2.75, 3.05) is 23.3 Å². The van der Waals surface area contributed by atoms with Crippen LogP contribution in [0.15, 0.2) is 48.5 Å². The van der Waals surface area contributed by atoms with Gasteiger partial charge in [-0.2, -0.15) is 0 Å². The predicted molar refractivity (Wildman–Crippen MR) is 88.4 cm³/mol. The van der Waals surface area contributed by atoms with Crippen molar-refractivity contribution in [1.29, 1.82) is 0 Å². The second-order valence-electron chi connectivity index (χ2n) is 5.14. The van der Waals surface area contributed by atoms with Gasteiger partial charge in [0.2, 0.25) is 0 Å². The molecule has 0 aliphatic carbocycles. The van der Waals surface area contributed by atoms with Gasteiger partial charge in [0.25, 0.3) is 0 Å². The first kappa shape index (κ1) is 15.4. The van der Waals surface area contributed by atoms with E-state index in [4.69, 9.17) is 0 Å². The largest absolute Gasteiger partial charge is 0.379 e. The molecule has 1 unspecified atom stereocenters. The highest BCUT2D eigenvalue weighted by Crippen LogP contribution is 2.22. The standard InChI is InChI=1S/C18H23FN2/c1-4-21(5-2)18-12-10-17(11-13-18)20-14(3)15-6-8-16(19)9-7-15/h6-14,20H,4-5H2,1-3H3. The minimum atomic E-state index is -0.200. The molecule has 21 heavy (non-hydrogen) atoms. The SMILES string of the molecule is CCN(CC)c1ccc(NC(C)c2ccc(F)cc2)cc1. The molecule has 3 heteroatoms. The average molecular weight is 286 g/mol. The van der Waals surface area contributed by atoms with E-state index in [1.54, 1.807) is 0 Å². The Bertz CT molecular complexity index is 544. The van der Waals surface area contributed by atoms with E-state index in [0.29, 0.717) is 0 Å². The predicted octanol–water partition coefficient (Wildman–Crippen LogP) is 4.85. The maximum absolute atomic E-state index is 12.9. The number of anilines is 2. The fourth-order valence-electron chi connectivity index (χ4n) is 2.44. The highest BCUT2D eigenvalue weighted by molar-refractivity contribution is 5.55. The molecule has 2 rings (SSSR count). The quantitative estimate of drug-likeness (QED) is 0.817. The molecule has 2 nitrogen and oxygen atoms in total. The number of nitrogens with zero attached hydrogens (tertiary/aromatic N) is 1. The van der Waals surface area contributed by atoms with Gasteiger partial charge >= 0.3 is 0 Å². The van der Waals surface area contributed by atoms with E-state index in [2.05, 4.69) is 55.3 Å². The zero-order valence-electron chi connectivity index (χ0n) is 12.9. The lowest BCUT2D eigenvalue weighted by atomic mass is 10.1. The molecule has 1 N–H and O–H groups in total. The summed E-state index contributed by atoms with van der Waals surface area (Å²) in [6.07, 6.45) is 0. The van der Waals surface area contributed by atoms with Crippen LogP contribution in [0.3, 0.4) is 0 Å². The van der Waals surface area contributed by atoms with Gasteiger partial charge in [-0.1, -0.05) is 12.1 Å². The Balaban J connectivity index is 2.04. The number of benzene rings is 2. The summed E-state index contributed by atoms with van der Waals surface area (Å²) in [6.45, 7) is 8.41. The summed E-state index contributed by atoms with van der Waals surface area (Å²) in [7, 11) is 0. The van der Waals surface area contributed by atoms with E-state index >= 15 is 0 Å². The fraction of sp³-hybridized carbons (Fsp3) is 0.333. The Labute approximate surface area is 126 Å². The third kappa shape index (κ3) is 3.97. The number of hydrogen-bond acceptors (Lipinski definition) is 2. The van der Waals surface area contributed by atoms with Gasteiger partial charge in [0, 0.05) is 30.5 Å². The van der Waals surface area contributed by atoms with Crippen LogP contribution in [0, 0.1) is 5.82 Å². The highest BCUT2D eigenvalue weighted by atomic mass is 19.1. The minimum Gasteiger partial charge on any atom is -0.379 e. The zero-order chi connectivity index (χ0) is 15.2. The molecular weight excluding hydrogens is 263 g/mol. The minimum absolute atomic E-state index is 0.143. The first-order valence-corrected chi connectivity index (χ1v) is 7.51. The first-order valence-electron chi connectivity index (χ1n) is 7.51. The van der Waals surface area contributed by atoms with Crippen molar-refractivity contribution in [3.8, 4) is 0 Å². The third-order valence-corrected chi connectivity index (χ3v) is 3.75. The van der Waals surface area contributed by atoms with Crippen LogP contribution in [0.1, 0.15) is 32.4 Å². The van der Waals surface area contributed by atoms with Gasteiger partial charge in [-0.15, -0.1) is 0 Å². The molecule has 1 atom stereocenters. The van der Waals surface area contributed by atoms with Gasteiger partial charge in [0.05, 0.1) is 0 Å². The Morgan fingerprint density at radius 3 is 2.05 bits per heavy atom. The number of halogens is 1. The highest BCUT2D eigenvalue weighted by Gasteiger charge is 2.06. The smallest absolute Gasteiger partial charge is 0.123 e. The first-order chi connectivity index (χ1) is 10.1. The van der Waals surface area contributed by atoms with Gasteiger partial charge in [0.1, 0.15) is 5.82 Å². The molecule has 0 aromatic heterocycles. The molecule has 2 aromatic rings. The fourth-order valence-corrected chi connectivity index (χ4v) is 2.44. The Hall–Kier alpha value is -2.03. The molecule has 0 aliphatic rings. The summed E-state index contributed by atoms with van der Waals surface area (Å²) in [5.41, 5.74) is 3.38. The lowest BCUT2D eigenvalue weighted by molar-refractivity contribution is 0.626. The maximum Gasteiger partial charge on any atom is 0.123 e. The Morgan fingerprint density at radius 2 is 1.52 bits per heavy atom. The third-order valence-electron chi connectivity index (χ3n) is 3.75. The van der Waals surface area contributed by atoms with Crippen LogP contribution in [-0.4, -0.2) is 13.1 Å². The molecular formula is C18H23FN2. The topological polar surface area (TPSA) is 15.3 Å². The zero-order valence-corrected chi connectivity index (χ0v) is 12.9. The molecule has 0 bridgehead atoms. The number of rotatable bonds is 6. The van der Waals surface area contributed by atoms with E-state index in [1.165, 1.54) is 17.8 Å². The van der Waals surface area contributed by atoms with Crippen molar-refractivity contribution in [1.82, 2.24) is 0 Å². The van der Waals surface area contributed by atoms with Crippen LogP contribution >= 0.6 is 0 Å². The summed E-state index contributed by atoms with van der Waals surface area (Å²) >= 11 is 0. The number of nitrogens with one attached hydrogen (secondary N) is 1. The molecule has 112 valence electrons. The van der Waals surface area contributed by atoms with E-state index in [1.807, 2.05) is 12.1 Å². The van der Waals surface area contributed by atoms with E-state index in [0.717, 1.165) is 24.3 Å². The monoisotopic (exact) mass is 286 g/mol. The summed E-state index contributed by atoms with van der Waals surface area (Å²) in [6, 6.07) is 15.2. The van der Waals surface area contributed by atoms with E-state index in [9.17, 15) is 4.39 Å². The van der Waals surface area contributed by atoms with Crippen LogP contribution < -0.4 is 10.2 Å². The Kier molecular flexibility index (Phi) is 5.20. The van der Waals surface area contributed by atoms with Crippen molar-refractivity contribution in [2.24, 2.45) is 0 Å². The second kappa shape index (κ2) is 7.11. The van der Waals surface area contributed by atoms with Crippen LogP contribution in [0.5, 0.6) is 0 Å². The molecule has 0 saturated carbocycles. The second-order valence-corrected chi connectivity index (χ2v) is 5.14. The van der Waals surface area contributed by atoms with Crippen molar-refractivity contribution >= 4 is 11.4 Å². The molecule has 0 spiro atoms. The molecule has 0 fully saturated rings. The van der Waals surface area contributed by atoms with E-state index in [-0.39, 0.29) is 11.9 Å². The summed E-state index contributed by atoms with van der Waals surface area (Å²) in [4.78, 5) is 2.31. The Morgan fingerprint density at radius 1 is 0.952 bits per heavy atom. The maximum atomic E-state index is 12.9. The van der Waals surface area contributed by atoms with Crippen LogP contribution in [0.25, 0.3) is 0 Å². The lowest BCUT2D eigenvalue weighted by Crippen LogP contribution is -2.21. The van der Waals surface area contributed by atoms with Crippen molar-refractivity contribution in [3.63, 3.8) is 0 Å². The van der Waals surface area contributed by atoms with Gasteiger partial charge in [-0.3, -0.25) is 0 Å². The molecule has 2 aromatic carbocycles. The molecule has 0 aliphatic heterocycles. The van der Waals surface area contributed by atoms with Crippen molar-refractivity contribution < 1.29 is 4.39 Å². The van der Waals surface area contributed by atoms with Gasteiger partial charge in [-0.05, 0) is 62.7 Å². The summed E-state index contributed by atoms with van der Waals surface area (Å²) in [5, 5.41) is 3.44. The van der Waals surface area contributed by atoms with Gasteiger partial charge in [-0.25, -0.2) is 4.39 Å². The average Bonchev–Trinajstić information content (AvgIpc) is 2.51. The van der Waals surface area contributed by atoms with Crippen molar-refractivity contribution in [3.05, 3.63) is 59.9 Å². The molecule has 0 radical (unpaired) electrons. The van der Waals surface area contributed by atoms with Crippen LogP contribution in [0.4, 0.5) is 15.8 Å². The lowest BCUT2D eigenvalue weighted by Gasteiger charge is -2.22. The summed E-state index contributed by atoms with van der Waals surface area (Å²) in [5.74, 6) is -0.200. The summed E-state index contributed by atoms with van der Waals surface area (Å²) < 4.78 is 12.9. The van der Waals surface area contributed by atoms with Gasteiger partial charge in [0.15, 0.2) is 0 Å². The van der Waals surface area contributed by atoms with E-state index < -0.39 is 0 Å². The molecule has 0 amide bonds. The normalized spacial score (nSPS) is 12.0. The number of hydrogen-bond donors (Lipinski definition) is 1. The molecule has 0 saturated heterocycles.